The second-order valence-electron chi connectivity index (χ2n) is 6.99. The van der Waals surface area contributed by atoms with Crippen LogP contribution in [0.4, 0.5) is 0 Å². The van der Waals surface area contributed by atoms with E-state index in [1.165, 1.54) is 6.92 Å². The van der Waals surface area contributed by atoms with Gasteiger partial charge in [0.15, 0.2) is 17.6 Å². The molecule has 0 amide bonds. The minimum absolute atomic E-state index is 0.481. The quantitative estimate of drug-likeness (QED) is 0.804. The lowest BCUT2D eigenvalue weighted by Crippen LogP contribution is -2.33. The highest BCUT2D eigenvalue weighted by molar-refractivity contribution is 5.72. The molecule has 1 aliphatic rings. The molecule has 0 radical (unpaired) electrons. The highest BCUT2D eigenvalue weighted by atomic mass is 16.5. The molecular weight excluding hydrogens is 346 g/mol. The summed E-state index contributed by atoms with van der Waals surface area (Å²) in [6.07, 6.45) is 5.01. The van der Waals surface area contributed by atoms with Crippen LogP contribution in [0.2, 0.25) is 0 Å². The van der Waals surface area contributed by atoms with Crippen molar-refractivity contribution < 1.29 is 19.4 Å². The maximum atomic E-state index is 11.2. The smallest absolute Gasteiger partial charge is 0.344 e. The molecule has 3 rings (SSSR count). The van der Waals surface area contributed by atoms with E-state index in [1.807, 2.05) is 31.6 Å². The van der Waals surface area contributed by atoms with Gasteiger partial charge in [0, 0.05) is 37.5 Å². The molecule has 0 aliphatic carbocycles. The lowest BCUT2D eigenvalue weighted by Gasteiger charge is -2.32. The first-order chi connectivity index (χ1) is 13.0. The van der Waals surface area contributed by atoms with Gasteiger partial charge in [0.05, 0.1) is 7.11 Å². The fourth-order valence-corrected chi connectivity index (χ4v) is 3.57. The third kappa shape index (κ3) is 4.42. The van der Waals surface area contributed by atoms with Gasteiger partial charge in [-0.2, -0.15) is 0 Å². The molecule has 7 nitrogen and oxygen atoms in total. The Balaban J connectivity index is 1.69. The zero-order chi connectivity index (χ0) is 19.4. The Kier molecular flexibility index (Phi) is 6.01. The number of nitrogens with zero attached hydrogens (tertiary/aromatic N) is 3. The van der Waals surface area contributed by atoms with Gasteiger partial charge in [0.25, 0.3) is 0 Å². The number of hydrogen-bond donors (Lipinski definition) is 1. The third-order valence-electron chi connectivity index (χ3n) is 5.13. The summed E-state index contributed by atoms with van der Waals surface area (Å²) in [6, 6.07) is 5.67. The van der Waals surface area contributed by atoms with Crippen LogP contribution >= 0.6 is 0 Å². The van der Waals surface area contributed by atoms with Crippen molar-refractivity contribution in [2.45, 2.75) is 38.3 Å². The lowest BCUT2D eigenvalue weighted by atomic mass is 9.95. The van der Waals surface area contributed by atoms with Crippen molar-refractivity contribution in [2.24, 2.45) is 7.05 Å². The average molecular weight is 373 g/mol. The number of rotatable bonds is 7. The fourth-order valence-electron chi connectivity index (χ4n) is 3.57. The van der Waals surface area contributed by atoms with E-state index in [2.05, 4.69) is 14.5 Å². The van der Waals surface area contributed by atoms with Crippen LogP contribution in [0.5, 0.6) is 11.5 Å². The largest absolute Gasteiger partial charge is 0.493 e. The lowest BCUT2D eigenvalue weighted by molar-refractivity contribution is -0.144. The molecule has 2 aromatic rings. The minimum atomic E-state index is -0.997. The molecule has 27 heavy (non-hydrogen) atoms. The first-order valence-electron chi connectivity index (χ1n) is 9.24. The summed E-state index contributed by atoms with van der Waals surface area (Å²) in [5.41, 5.74) is 0.942. The van der Waals surface area contributed by atoms with E-state index in [9.17, 15) is 9.90 Å². The number of piperidine rings is 1. The van der Waals surface area contributed by atoms with Crippen molar-refractivity contribution in [3.63, 3.8) is 0 Å². The normalized spacial score (nSPS) is 16.9. The minimum Gasteiger partial charge on any atom is -0.493 e. The van der Waals surface area contributed by atoms with Crippen molar-refractivity contribution in [3.05, 3.63) is 42.0 Å². The number of para-hydroxylation sites is 1. The molecule has 2 heterocycles. The molecule has 1 N–H and O–H groups in total. The average Bonchev–Trinajstić information content (AvgIpc) is 3.09. The molecule has 1 saturated heterocycles. The first kappa shape index (κ1) is 19.2. The third-order valence-corrected chi connectivity index (χ3v) is 5.13. The molecule has 0 unspecified atom stereocenters. The number of aromatic nitrogens is 2. The van der Waals surface area contributed by atoms with Gasteiger partial charge in [-0.15, -0.1) is 0 Å². The molecule has 146 valence electrons. The molecule has 0 saturated carbocycles. The zero-order valence-electron chi connectivity index (χ0n) is 16.1. The highest BCUT2D eigenvalue weighted by Crippen LogP contribution is 2.34. The first-order valence-corrected chi connectivity index (χ1v) is 9.24. The Morgan fingerprint density at radius 1 is 1.37 bits per heavy atom. The summed E-state index contributed by atoms with van der Waals surface area (Å²) < 4.78 is 13.2. The van der Waals surface area contributed by atoms with Gasteiger partial charge in [-0.25, -0.2) is 9.78 Å². The number of carbonyl (C=O) groups is 1. The maximum Gasteiger partial charge on any atom is 0.344 e. The number of carboxylic acid groups (broad SMARTS) is 1. The number of methoxy groups -OCH3 is 1. The van der Waals surface area contributed by atoms with E-state index in [0.717, 1.165) is 37.3 Å². The van der Waals surface area contributed by atoms with Crippen LogP contribution in [-0.4, -0.2) is 51.8 Å². The Bertz CT molecular complexity index is 781. The molecule has 1 fully saturated rings. The Labute approximate surface area is 159 Å². The van der Waals surface area contributed by atoms with Crippen LogP contribution in [0.15, 0.2) is 30.6 Å². The number of aryl methyl sites for hydroxylation is 1. The van der Waals surface area contributed by atoms with Gasteiger partial charge >= 0.3 is 5.97 Å². The van der Waals surface area contributed by atoms with Crippen molar-refractivity contribution >= 4 is 5.97 Å². The summed E-state index contributed by atoms with van der Waals surface area (Å²) in [7, 11) is 3.61. The van der Waals surface area contributed by atoms with Crippen LogP contribution in [0.1, 0.15) is 37.1 Å². The number of ether oxygens (including phenoxy) is 2. The summed E-state index contributed by atoms with van der Waals surface area (Å²) in [5.74, 6) is 1.71. The SMILES string of the molecule is COc1cccc(CN2CCC(c3nccn3C)CC2)c1O[C@H](C)C(=O)O. The van der Waals surface area contributed by atoms with Crippen LogP contribution in [0.25, 0.3) is 0 Å². The Hall–Kier alpha value is -2.54. The number of carboxylic acids is 1. The zero-order valence-corrected chi connectivity index (χ0v) is 16.1. The van der Waals surface area contributed by atoms with Gasteiger partial charge in [0.2, 0.25) is 0 Å². The monoisotopic (exact) mass is 373 g/mol. The Morgan fingerprint density at radius 2 is 2.11 bits per heavy atom. The molecule has 1 atom stereocenters. The van der Waals surface area contributed by atoms with Crippen LogP contribution in [0, 0.1) is 0 Å². The van der Waals surface area contributed by atoms with E-state index in [4.69, 9.17) is 9.47 Å². The molecule has 0 spiro atoms. The van der Waals surface area contributed by atoms with Crippen molar-refractivity contribution in [2.75, 3.05) is 20.2 Å². The van der Waals surface area contributed by atoms with Gasteiger partial charge in [0.1, 0.15) is 5.82 Å². The molecule has 0 bridgehead atoms. The molecule has 1 aliphatic heterocycles. The topological polar surface area (TPSA) is 76.8 Å². The van der Waals surface area contributed by atoms with E-state index in [0.29, 0.717) is 24.0 Å². The van der Waals surface area contributed by atoms with Gasteiger partial charge < -0.3 is 19.1 Å². The Morgan fingerprint density at radius 3 is 2.70 bits per heavy atom. The van der Waals surface area contributed by atoms with E-state index in [1.54, 1.807) is 13.2 Å². The number of imidazole rings is 1. The van der Waals surface area contributed by atoms with Crippen LogP contribution in [0.3, 0.4) is 0 Å². The van der Waals surface area contributed by atoms with Gasteiger partial charge in [-0.1, -0.05) is 12.1 Å². The van der Waals surface area contributed by atoms with E-state index in [-0.39, 0.29) is 0 Å². The highest BCUT2D eigenvalue weighted by Gasteiger charge is 2.25. The summed E-state index contributed by atoms with van der Waals surface area (Å²) in [6.45, 7) is 4.15. The predicted molar refractivity (Wildman–Crippen MR) is 101 cm³/mol. The number of benzene rings is 1. The molecule has 1 aromatic heterocycles. The molecular formula is C20H27N3O4. The fraction of sp³-hybridized carbons (Fsp3) is 0.500. The number of likely N-dealkylation sites (tertiary alicyclic amines) is 1. The van der Waals surface area contributed by atoms with E-state index >= 15 is 0 Å². The second-order valence-corrected chi connectivity index (χ2v) is 6.99. The predicted octanol–water partition coefficient (Wildman–Crippen LogP) is 2.66. The summed E-state index contributed by atoms with van der Waals surface area (Å²) >= 11 is 0. The summed E-state index contributed by atoms with van der Waals surface area (Å²) in [5, 5.41) is 9.18. The van der Waals surface area contributed by atoms with Crippen molar-refractivity contribution in [1.82, 2.24) is 14.5 Å². The second kappa shape index (κ2) is 8.43. The molecule has 1 aromatic carbocycles. The van der Waals surface area contributed by atoms with Gasteiger partial charge in [-0.3, -0.25) is 4.90 Å². The van der Waals surface area contributed by atoms with Gasteiger partial charge in [-0.05, 0) is 38.9 Å². The summed E-state index contributed by atoms with van der Waals surface area (Å²) in [4.78, 5) is 18.1. The number of hydrogen-bond acceptors (Lipinski definition) is 5. The standard InChI is InChI=1S/C20H27N3O4/c1-14(20(24)25)27-18-16(5-4-6-17(18)26-3)13-23-10-7-15(8-11-23)19-21-9-12-22(19)2/h4-6,9,12,14-15H,7-8,10-11,13H2,1-3H3,(H,24,25)/t14-/m1/s1. The maximum absolute atomic E-state index is 11.2. The van der Waals surface area contributed by atoms with Crippen molar-refractivity contribution in [3.8, 4) is 11.5 Å². The van der Waals surface area contributed by atoms with Crippen molar-refractivity contribution in [1.29, 1.82) is 0 Å². The number of aliphatic carboxylic acids is 1. The van der Waals surface area contributed by atoms with Crippen LogP contribution < -0.4 is 9.47 Å². The van der Waals surface area contributed by atoms with E-state index < -0.39 is 12.1 Å². The molecule has 7 heteroatoms. The van der Waals surface area contributed by atoms with Crippen LogP contribution in [-0.2, 0) is 18.4 Å².